The van der Waals surface area contributed by atoms with Crippen LogP contribution in [0.5, 0.6) is 0 Å². The van der Waals surface area contributed by atoms with Gasteiger partial charge in [-0.15, -0.1) is 12.8 Å². The highest BCUT2D eigenvalue weighted by Crippen LogP contribution is 2.66. The van der Waals surface area contributed by atoms with Gasteiger partial charge < -0.3 is 9.47 Å². The van der Waals surface area contributed by atoms with Crippen LogP contribution >= 0.6 is 0 Å². The van der Waals surface area contributed by atoms with E-state index in [0.717, 1.165) is 30.1 Å². The highest BCUT2D eigenvalue weighted by molar-refractivity contribution is 5.29. The number of methoxy groups -OCH3 is 1. The molecule has 27 heavy (non-hydrogen) atoms. The van der Waals surface area contributed by atoms with Crippen molar-refractivity contribution in [3.05, 3.63) is 23.5 Å². The molecule has 4 fully saturated rings. The first kappa shape index (κ1) is 22.1. The molecule has 5 aliphatic rings. The molecule has 0 aromatic heterocycles. The van der Waals surface area contributed by atoms with E-state index in [1.165, 1.54) is 50.7 Å². The average molecular weight is 373 g/mol. The van der Waals surface area contributed by atoms with E-state index < -0.39 is 0 Å². The van der Waals surface area contributed by atoms with Crippen LogP contribution in [-0.2, 0) is 9.47 Å². The fourth-order valence-corrected chi connectivity index (χ4v) is 6.30. The molecule has 6 atom stereocenters. The zero-order valence-corrected chi connectivity index (χ0v) is 18.2. The topological polar surface area (TPSA) is 21.8 Å². The van der Waals surface area contributed by atoms with Crippen molar-refractivity contribution >= 4 is 0 Å². The summed E-state index contributed by atoms with van der Waals surface area (Å²) >= 11 is 0. The minimum Gasteiger partial charge on any atom is -0.501 e. The average Bonchev–Trinajstić information content (AvgIpc) is 3.40. The molecule has 6 unspecified atom stereocenters. The van der Waals surface area contributed by atoms with Crippen molar-refractivity contribution in [1.82, 2.24) is 0 Å². The van der Waals surface area contributed by atoms with Crippen molar-refractivity contribution in [3.63, 3.8) is 0 Å². The molecule has 0 N–H and O–H groups in total. The molecule has 2 nitrogen and oxygen atoms in total. The second-order valence-electron chi connectivity index (χ2n) is 7.87. The molecule has 1 spiro atoms. The molecular weight excluding hydrogens is 332 g/mol. The van der Waals surface area contributed by atoms with E-state index in [9.17, 15) is 0 Å². The maximum atomic E-state index is 6.14. The van der Waals surface area contributed by atoms with Gasteiger partial charge >= 0.3 is 0 Å². The van der Waals surface area contributed by atoms with Gasteiger partial charge in [0.2, 0.25) is 0 Å². The number of ether oxygens (including phenoxy) is 2. The Labute approximate surface area is 167 Å². The molecule has 0 bridgehead atoms. The van der Waals surface area contributed by atoms with Crippen LogP contribution in [0.25, 0.3) is 0 Å². The van der Waals surface area contributed by atoms with Crippen LogP contribution in [0.1, 0.15) is 79.1 Å². The first-order chi connectivity index (χ1) is 13.3. The summed E-state index contributed by atoms with van der Waals surface area (Å²) in [4.78, 5) is 0. The predicted molar refractivity (Wildman–Crippen MR) is 114 cm³/mol. The Morgan fingerprint density at radius 3 is 2.37 bits per heavy atom. The van der Waals surface area contributed by atoms with Crippen molar-refractivity contribution in [1.29, 1.82) is 0 Å². The lowest BCUT2D eigenvalue weighted by atomic mass is 9.58. The summed E-state index contributed by atoms with van der Waals surface area (Å²) < 4.78 is 11.6. The molecule has 1 saturated heterocycles. The third kappa shape index (κ3) is 3.86. The Hall–Kier alpha value is -1.20. The largest absolute Gasteiger partial charge is 0.501 e. The summed E-state index contributed by atoms with van der Waals surface area (Å²) in [5.74, 6) is 4.62. The van der Waals surface area contributed by atoms with Gasteiger partial charge in [0.1, 0.15) is 0 Å². The van der Waals surface area contributed by atoms with Crippen molar-refractivity contribution < 1.29 is 9.47 Å². The van der Waals surface area contributed by atoms with Crippen LogP contribution in [-0.4, -0.2) is 18.8 Å². The smallest absolute Gasteiger partial charge is 0.0979 e. The lowest BCUT2D eigenvalue weighted by molar-refractivity contribution is 0.0368. The first-order valence-corrected chi connectivity index (χ1v) is 11.3. The van der Waals surface area contributed by atoms with Crippen molar-refractivity contribution in [2.75, 3.05) is 7.11 Å². The van der Waals surface area contributed by atoms with Gasteiger partial charge in [0.05, 0.1) is 24.6 Å². The van der Waals surface area contributed by atoms with Gasteiger partial charge in [-0.2, -0.15) is 0 Å². The zero-order chi connectivity index (χ0) is 20.0. The van der Waals surface area contributed by atoms with E-state index in [1.807, 2.05) is 34.8 Å². The monoisotopic (exact) mass is 372 g/mol. The highest BCUT2D eigenvalue weighted by Gasteiger charge is 2.69. The minimum absolute atomic E-state index is 0.354. The minimum atomic E-state index is 0.354. The van der Waals surface area contributed by atoms with Crippen molar-refractivity contribution in [3.8, 4) is 12.8 Å². The second-order valence-corrected chi connectivity index (χ2v) is 7.87. The fraction of sp³-hybridized carbons (Fsp3) is 0.760. The molecule has 3 saturated carbocycles. The molecule has 0 aromatic carbocycles. The number of rotatable bonds is 1. The Bertz CT molecular complexity index is 558. The van der Waals surface area contributed by atoms with Crippen LogP contribution in [0.4, 0.5) is 0 Å². The summed E-state index contributed by atoms with van der Waals surface area (Å²) in [6.45, 7) is 8.00. The standard InChI is InChI=1S/C19H26O2.2C2H6.C2H2/c1-20-13-4-2-12-3-6-16-15(14(12)7-5-13)10-11-19-17(16)8-9-18(19)21-19;3*1-2/h5,7,12,15-18H,2-4,6,8-11H2,1H3;2*1-2H3;1-2H. The van der Waals surface area contributed by atoms with Gasteiger partial charge in [0, 0.05) is 6.42 Å². The lowest BCUT2D eigenvalue weighted by Gasteiger charge is -2.47. The molecule has 0 amide bonds. The highest BCUT2D eigenvalue weighted by atomic mass is 16.6. The molecule has 2 heteroatoms. The number of fused-ring (bicyclic) bond motifs is 4. The van der Waals surface area contributed by atoms with Crippen LogP contribution in [0.2, 0.25) is 0 Å². The molecular formula is C25H40O2. The first-order valence-electron chi connectivity index (χ1n) is 11.3. The van der Waals surface area contributed by atoms with Crippen LogP contribution < -0.4 is 0 Å². The fourth-order valence-electron chi connectivity index (χ4n) is 6.30. The number of hydrogen-bond donors (Lipinski definition) is 0. The summed E-state index contributed by atoms with van der Waals surface area (Å²) in [5, 5.41) is 0. The normalized spacial score (nSPS) is 39.9. The van der Waals surface area contributed by atoms with Gasteiger partial charge in [0.25, 0.3) is 0 Å². The van der Waals surface area contributed by atoms with E-state index in [4.69, 9.17) is 9.47 Å². The SMILES string of the molecule is C#C.CC.CC.COC1=CC=C2C(CC1)CCC1C2CCC23OC2CCC13. The van der Waals surface area contributed by atoms with Gasteiger partial charge in [-0.25, -0.2) is 0 Å². The van der Waals surface area contributed by atoms with Gasteiger partial charge in [-0.3, -0.25) is 0 Å². The number of allylic oxidation sites excluding steroid dienone is 4. The maximum absolute atomic E-state index is 6.14. The van der Waals surface area contributed by atoms with Crippen molar-refractivity contribution in [2.45, 2.75) is 90.8 Å². The molecule has 0 radical (unpaired) electrons. The Balaban J connectivity index is 0.000000400. The van der Waals surface area contributed by atoms with Gasteiger partial charge in [0.15, 0.2) is 0 Å². The molecule has 1 aliphatic heterocycles. The number of epoxide rings is 1. The van der Waals surface area contributed by atoms with Gasteiger partial charge in [-0.05, 0) is 74.7 Å². The summed E-state index contributed by atoms with van der Waals surface area (Å²) in [6.07, 6.45) is 24.1. The Morgan fingerprint density at radius 2 is 1.70 bits per heavy atom. The van der Waals surface area contributed by atoms with Gasteiger partial charge in [-0.1, -0.05) is 39.3 Å². The predicted octanol–water partition coefficient (Wildman–Crippen LogP) is 6.52. The van der Waals surface area contributed by atoms with E-state index in [2.05, 4.69) is 25.0 Å². The van der Waals surface area contributed by atoms with E-state index in [-0.39, 0.29) is 0 Å². The van der Waals surface area contributed by atoms with Crippen LogP contribution in [0.3, 0.4) is 0 Å². The van der Waals surface area contributed by atoms with Crippen LogP contribution in [0.15, 0.2) is 23.5 Å². The number of terminal acetylenes is 1. The second kappa shape index (κ2) is 9.83. The summed E-state index contributed by atoms with van der Waals surface area (Å²) in [7, 11) is 1.82. The Kier molecular flexibility index (Phi) is 8.04. The van der Waals surface area contributed by atoms with E-state index in [0.29, 0.717) is 11.7 Å². The zero-order valence-electron chi connectivity index (χ0n) is 18.2. The van der Waals surface area contributed by atoms with E-state index in [1.54, 1.807) is 5.57 Å². The summed E-state index contributed by atoms with van der Waals surface area (Å²) in [5.41, 5.74) is 2.12. The van der Waals surface area contributed by atoms with Crippen molar-refractivity contribution in [2.24, 2.45) is 23.7 Å². The molecule has 5 rings (SSSR count). The third-order valence-corrected chi connectivity index (χ3v) is 7.31. The van der Waals surface area contributed by atoms with E-state index >= 15 is 0 Å². The quantitative estimate of drug-likeness (QED) is 0.386. The number of hydrogen-bond acceptors (Lipinski definition) is 2. The molecule has 1 heterocycles. The molecule has 152 valence electrons. The summed E-state index contributed by atoms with van der Waals surface area (Å²) in [6, 6.07) is 0. The molecule has 4 aliphatic carbocycles. The molecule has 0 aromatic rings. The maximum Gasteiger partial charge on any atom is 0.0979 e. The lowest BCUT2D eigenvalue weighted by Crippen LogP contribution is -2.43. The van der Waals surface area contributed by atoms with Crippen LogP contribution in [0, 0.1) is 36.5 Å². The Morgan fingerprint density at radius 1 is 0.963 bits per heavy atom. The third-order valence-electron chi connectivity index (χ3n) is 7.31.